The molecule has 0 aromatic heterocycles. The van der Waals surface area contributed by atoms with E-state index in [9.17, 15) is 18.7 Å². The second-order valence-electron chi connectivity index (χ2n) is 2.10. The number of rotatable bonds is 5. The molecule has 20 heavy (non-hydrogen) atoms. The van der Waals surface area contributed by atoms with E-state index >= 15 is 0 Å². The van der Waals surface area contributed by atoms with Gasteiger partial charge in [-0.05, 0) is 6.92 Å². The normalized spacial score (nSPS) is 11.6. The molecule has 0 heterocycles. The summed E-state index contributed by atoms with van der Waals surface area (Å²) in [4.78, 5) is 37.4. The summed E-state index contributed by atoms with van der Waals surface area (Å²) in [7, 11) is -10.2. The third kappa shape index (κ3) is 15.8. The zero-order valence-electron chi connectivity index (χ0n) is 7.39. The molecule has 9 nitrogen and oxygen atoms in total. The Morgan fingerprint density at radius 3 is 1.55 bits per heavy atom. The summed E-state index contributed by atoms with van der Waals surface area (Å²) in [5.74, 6) is 0. The van der Waals surface area contributed by atoms with Crippen LogP contribution in [0.1, 0.15) is 6.92 Å². The Morgan fingerprint density at radius 1 is 1.00 bits per heavy atom. The van der Waals surface area contributed by atoms with Gasteiger partial charge < -0.3 is 19.4 Å². The number of carboxylic acid groups (broad SMARTS) is 1. The summed E-state index contributed by atoms with van der Waals surface area (Å²) in [6.45, 7) is 0.902. The van der Waals surface area contributed by atoms with Gasteiger partial charge in [-0.1, -0.05) is 0 Å². The molecular formula is C4H13Na5O9P2. The van der Waals surface area contributed by atoms with Gasteiger partial charge in [0.15, 0.2) is 0 Å². The van der Waals surface area contributed by atoms with Crippen LogP contribution in [0, 0.1) is 0 Å². The Labute approximate surface area is 226 Å². The Morgan fingerprint density at radius 2 is 1.35 bits per heavy atom. The van der Waals surface area contributed by atoms with Gasteiger partial charge in [-0.2, -0.15) is 0 Å². The Bertz CT molecular complexity index is 369. The fraction of sp³-hybridized carbons (Fsp3) is 0.500. The van der Waals surface area contributed by atoms with Crippen molar-refractivity contribution in [3.8, 4) is 0 Å². The minimum absolute atomic E-state index is 0. The summed E-state index contributed by atoms with van der Waals surface area (Å²) in [5.41, 5.74) is -4.31. The van der Waals surface area contributed by atoms with Crippen molar-refractivity contribution in [1.29, 1.82) is 0 Å². The van der Waals surface area contributed by atoms with Crippen molar-refractivity contribution in [3.63, 3.8) is 0 Å². The summed E-state index contributed by atoms with van der Waals surface area (Å²) in [5, 5.41) is 8.36. The zero-order valence-corrected chi connectivity index (χ0v) is 9.18. The summed E-state index contributed by atoms with van der Waals surface area (Å²) in [6.07, 6.45) is 0. The molecule has 0 bridgehead atoms. The maximum atomic E-state index is 11.2. The first-order chi connectivity index (χ1) is 6.63. The van der Waals surface area contributed by atoms with Crippen LogP contribution in [-0.2, 0) is 18.2 Å². The van der Waals surface area contributed by atoms with Crippen LogP contribution in [-0.4, -0.2) is 181 Å². The molecule has 16 heteroatoms. The van der Waals surface area contributed by atoms with E-state index in [2.05, 4.69) is 9.05 Å². The van der Waals surface area contributed by atoms with Gasteiger partial charge in [-0.25, -0.2) is 18.7 Å². The number of carbonyl (C=O) groups is 2. The molecule has 3 N–H and O–H groups in total. The molecule has 1 unspecified atom stereocenters. The molecule has 0 saturated heterocycles. The fourth-order valence-electron chi connectivity index (χ4n) is 0.447. The topological polar surface area (TPSA) is 147 Å². The number of hydrogen-bond donors (Lipinski definition) is 3. The minimum atomic E-state index is -5.29. The molecule has 0 aliphatic carbocycles. The monoisotopic (exact) mass is 382 g/mol. The van der Waals surface area contributed by atoms with E-state index in [1.54, 1.807) is 0 Å². The van der Waals surface area contributed by atoms with Crippen LogP contribution in [0.5, 0.6) is 0 Å². The molecule has 0 aliphatic heterocycles. The molecule has 1 atom stereocenters. The van der Waals surface area contributed by atoms with Crippen molar-refractivity contribution in [1.82, 2.24) is 0 Å². The van der Waals surface area contributed by atoms with Gasteiger partial charge in [-0.15, -0.1) is 0 Å². The third-order valence-electron chi connectivity index (χ3n) is 0.969. The number of hydrogen-bond acceptors (Lipinski definition) is 6. The van der Waals surface area contributed by atoms with Crippen LogP contribution in [0.15, 0.2) is 0 Å². The van der Waals surface area contributed by atoms with E-state index in [0.29, 0.717) is 0 Å². The number of carbonyl (C=O) groups excluding carboxylic acids is 1. The van der Waals surface area contributed by atoms with Crippen molar-refractivity contribution >= 4 is 174 Å². The molecule has 0 spiro atoms. The van der Waals surface area contributed by atoms with Crippen LogP contribution in [0.25, 0.3) is 0 Å². The second kappa shape index (κ2) is 18.1. The van der Waals surface area contributed by atoms with Crippen molar-refractivity contribution in [2.45, 2.75) is 6.92 Å². The van der Waals surface area contributed by atoms with E-state index in [1.165, 1.54) is 6.92 Å². The van der Waals surface area contributed by atoms with Crippen LogP contribution in [0.2, 0.25) is 0 Å². The molecule has 0 aromatic rings. The molecule has 0 amide bonds. The van der Waals surface area contributed by atoms with Gasteiger partial charge in [-0.3, -0.25) is 4.52 Å². The SMILES string of the molecule is CCOP(=O)(OC(=O)P(=O)(O)O)C(=O)O.[NaH].[NaH].[NaH].[NaH].[NaH]. The fourth-order valence-corrected chi connectivity index (χ4v) is 1.98. The third-order valence-corrected chi connectivity index (χ3v) is 3.15. The maximum absolute atomic E-state index is 11.2. The predicted octanol–water partition coefficient (Wildman–Crippen LogP) is -2.03. The van der Waals surface area contributed by atoms with Gasteiger partial charge in [0.05, 0.1) is 6.61 Å². The van der Waals surface area contributed by atoms with Crippen LogP contribution >= 0.6 is 15.2 Å². The Balaban J connectivity index is -0.0000000980. The van der Waals surface area contributed by atoms with Gasteiger partial charge in [0.2, 0.25) is 0 Å². The molecule has 0 rings (SSSR count). The van der Waals surface area contributed by atoms with E-state index in [0.717, 1.165) is 0 Å². The van der Waals surface area contributed by atoms with Gasteiger partial charge in [0.1, 0.15) is 0 Å². The Kier molecular flexibility index (Phi) is 35.6. The average Bonchev–Trinajstić information content (AvgIpc) is 2.02. The molecule has 0 aromatic carbocycles. The molecule has 98 valence electrons. The summed E-state index contributed by atoms with van der Waals surface area (Å²) in [6, 6.07) is 0. The van der Waals surface area contributed by atoms with Gasteiger partial charge >= 0.3 is 174 Å². The van der Waals surface area contributed by atoms with Crippen LogP contribution in [0.3, 0.4) is 0 Å². The summed E-state index contributed by atoms with van der Waals surface area (Å²) < 4.78 is 29.2. The van der Waals surface area contributed by atoms with Gasteiger partial charge in [0.25, 0.3) is 0 Å². The molecular weight excluding hydrogens is 369 g/mol. The summed E-state index contributed by atoms with van der Waals surface area (Å²) >= 11 is 0. The van der Waals surface area contributed by atoms with E-state index < -0.39 is 26.6 Å². The second-order valence-corrected chi connectivity index (χ2v) is 5.37. The first-order valence-electron chi connectivity index (χ1n) is 3.41. The van der Waals surface area contributed by atoms with E-state index in [-0.39, 0.29) is 154 Å². The predicted molar refractivity (Wildman–Crippen MR) is 81.5 cm³/mol. The van der Waals surface area contributed by atoms with Gasteiger partial charge in [0, 0.05) is 0 Å². The van der Waals surface area contributed by atoms with Crippen molar-refractivity contribution in [2.75, 3.05) is 6.61 Å². The van der Waals surface area contributed by atoms with Crippen molar-refractivity contribution < 1.29 is 42.7 Å². The standard InChI is InChI=1S/C4H8O9P2.5Na.5H/c1-2-12-15(11,3(5)6)13-4(7)14(8,9)10;;;;;;;;;;/h2H2,1H3,(H,5,6)(H2,8,9,10);;;;;;;;;;. The van der Waals surface area contributed by atoms with Crippen LogP contribution < -0.4 is 0 Å². The van der Waals surface area contributed by atoms with Crippen molar-refractivity contribution in [3.05, 3.63) is 0 Å². The van der Waals surface area contributed by atoms with E-state index in [4.69, 9.17) is 14.9 Å². The zero-order chi connectivity index (χ0) is 12.3. The van der Waals surface area contributed by atoms with E-state index in [1.807, 2.05) is 0 Å². The molecule has 0 radical (unpaired) electrons. The first kappa shape index (κ1) is 39.4. The first-order valence-corrected chi connectivity index (χ1v) is 6.56. The quantitative estimate of drug-likeness (QED) is 0.362. The molecule has 0 fully saturated rings. The van der Waals surface area contributed by atoms with Crippen molar-refractivity contribution in [2.24, 2.45) is 0 Å². The van der Waals surface area contributed by atoms with Crippen LogP contribution in [0.4, 0.5) is 9.59 Å². The Hall–Kier alpha value is 4.28. The molecule has 0 aliphatic rings. The average molecular weight is 382 g/mol. The molecule has 0 saturated carbocycles.